The van der Waals surface area contributed by atoms with Gasteiger partial charge in [-0.2, -0.15) is 4.31 Å². The third-order valence-corrected chi connectivity index (χ3v) is 7.60. The molecule has 0 unspecified atom stereocenters. The summed E-state index contributed by atoms with van der Waals surface area (Å²) in [5.41, 5.74) is 1.46. The van der Waals surface area contributed by atoms with Gasteiger partial charge < -0.3 is 10.1 Å². The van der Waals surface area contributed by atoms with E-state index in [0.717, 1.165) is 38.5 Å². The smallest absolute Gasteiger partial charge is 0.255 e. The van der Waals surface area contributed by atoms with Crippen LogP contribution in [0, 0.1) is 0 Å². The number of benzene rings is 2. The number of carbonyl (C=O) groups excluding carboxylic acids is 1. The van der Waals surface area contributed by atoms with Gasteiger partial charge >= 0.3 is 0 Å². The Morgan fingerprint density at radius 1 is 1.06 bits per heavy atom. The van der Waals surface area contributed by atoms with Crippen LogP contribution >= 0.6 is 0 Å². The third kappa shape index (κ3) is 6.08. The van der Waals surface area contributed by atoms with Crippen LogP contribution in [0.1, 0.15) is 54.9 Å². The number of sulfonamides is 1. The van der Waals surface area contributed by atoms with Crippen molar-refractivity contribution >= 4 is 15.9 Å². The summed E-state index contributed by atoms with van der Waals surface area (Å²) in [7, 11) is -2.16. The first-order valence-corrected chi connectivity index (χ1v) is 12.4. The summed E-state index contributed by atoms with van der Waals surface area (Å²) in [6.45, 7) is 2.99. The van der Waals surface area contributed by atoms with Crippen molar-refractivity contribution in [3.8, 4) is 5.75 Å². The maximum Gasteiger partial charge on any atom is 0.255 e. The molecule has 1 heterocycles. The molecule has 3 rings (SSSR count). The molecule has 6 nitrogen and oxygen atoms in total. The van der Waals surface area contributed by atoms with E-state index in [4.69, 9.17) is 4.74 Å². The first-order valence-electron chi connectivity index (χ1n) is 10.9. The first kappa shape index (κ1) is 23.3. The number of hydrogen-bond donors (Lipinski definition) is 1. The number of aryl methyl sites for hydroxylation is 1. The van der Waals surface area contributed by atoms with Gasteiger partial charge in [0.15, 0.2) is 0 Å². The molecule has 0 bridgehead atoms. The van der Waals surface area contributed by atoms with Crippen molar-refractivity contribution in [2.24, 2.45) is 0 Å². The first-order chi connectivity index (χ1) is 14.9. The molecule has 31 heavy (non-hydrogen) atoms. The Morgan fingerprint density at radius 3 is 2.39 bits per heavy atom. The molecular weight excluding hydrogens is 412 g/mol. The van der Waals surface area contributed by atoms with Crippen molar-refractivity contribution in [1.29, 1.82) is 0 Å². The number of amides is 1. The molecule has 2 aromatic carbocycles. The molecule has 0 spiro atoms. The van der Waals surface area contributed by atoms with E-state index in [2.05, 4.69) is 17.4 Å². The van der Waals surface area contributed by atoms with Crippen LogP contribution in [0.25, 0.3) is 0 Å². The summed E-state index contributed by atoms with van der Waals surface area (Å²) in [6.07, 6.45) is 5.45. The van der Waals surface area contributed by atoms with E-state index in [0.29, 0.717) is 18.8 Å². The van der Waals surface area contributed by atoms with Gasteiger partial charge in [-0.3, -0.25) is 4.79 Å². The standard InChI is InChI=1S/C24H32N2O4S/c1-19(12-13-20-10-6-5-7-11-20)25-24(27)22-18-21(14-15-23(22)30-2)31(28,29)26-16-8-3-4-9-17-26/h5-7,10-11,14-15,18-19H,3-4,8-9,12-13,16-17H2,1-2H3,(H,25,27)/t19-/m0/s1. The van der Waals surface area contributed by atoms with E-state index in [9.17, 15) is 13.2 Å². The Morgan fingerprint density at radius 2 is 1.74 bits per heavy atom. The maximum atomic E-state index is 13.1. The van der Waals surface area contributed by atoms with Gasteiger partial charge in [-0.25, -0.2) is 8.42 Å². The lowest BCUT2D eigenvalue weighted by Crippen LogP contribution is -2.34. The Hall–Kier alpha value is -2.38. The van der Waals surface area contributed by atoms with Gasteiger partial charge in [-0.15, -0.1) is 0 Å². The number of rotatable bonds is 8. The normalized spacial score (nSPS) is 16.3. The van der Waals surface area contributed by atoms with Crippen LogP contribution in [0.15, 0.2) is 53.4 Å². The van der Waals surface area contributed by atoms with Crippen LogP contribution in [0.3, 0.4) is 0 Å². The van der Waals surface area contributed by atoms with E-state index in [1.54, 1.807) is 6.07 Å². The van der Waals surface area contributed by atoms with E-state index in [1.807, 2.05) is 25.1 Å². The fourth-order valence-corrected chi connectivity index (χ4v) is 5.40. The van der Waals surface area contributed by atoms with Crippen molar-refractivity contribution in [2.75, 3.05) is 20.2 Å². The predicted octanol–water partition coefficient (Wildman–Crippen LogP) is 4.01. The van der Waals surface area contributed by atoms with E-state index >= 15 is 0 Å². The molecule has 0 aromatic heterocycles. The number of carbonyl (C=O) groups is 1. The zero-order valence-electron chi connectivity index (χ0n) is 18.3. The van der Waals surface area contributed by atoms with Gasteiger partial charge in [-0.05, 0) is 56.4 Å². The monoisotopic (exact) mass is 444 g/mol. The van der Waals surface area contributed by atoms with Crippen molar-refractivity contribution in [2.45, 2.75) is 56.4 Å². The topological polar surface area (TPSA) is 75.7 Å². The molecule has 7 heteroatoms. The van der Waals surface area contributed by atoms with Crippen LogP contribution in [0.5, 0.6) is 5.75 Å². The van der Waals surface area contributed by atoms with Gasteiger partial charge in [0.2, 0.25) is 10.0 Å². The highest BCUT2D eigenvalue weighted by molar-refractivity contribution is 7.89. The molecule has 1 amide bonds. The lowest BCUT2D eigenvalue weighted by atomic mass is 10.1. The predicted molar refractivity (Wildman–Crippen MR) is 122 cm³/mol. The molecule has 1 atom stereocenters. The molecule has 1 N–H and O–H groups in total. The molecular formula is C24H32N2O4S. The molecule has 1 saturated heterocycles. The largest absolute Gasteiger partial charge is 0.496 e. The highest BCUT2D eigenvalue weighted by Crippen LogP contribution is 2.26. The average molecular weight is 445 g/mol. The van der Waals surface area contributed by atoms with Gasteiger partial charge in [0.05, 0.1) is 17.6 Å². The molecule has 0 saturated carbocycles. The molecule has 1 aliphatic rings. The van der Waals surface area contributed by atoms with Crippen LogP contribution in [0.4, 0.5) is 0 Å². The van der Waals surface area contributed by atoms with E-state index < -0.39 is 10.0 Å². The summed E-state index contributed by atoms with van der Waals surface area (Å²) in [6, 6.07) is 14.6. The van der Waals surface area contributed by atoms with E-state index in [1.165, 1.54) is 29.1 Å². The molecule has 168 valence electrons. The van der Waals surface area contributed by atoms with Crippen LogP contribution < -0.4 is 10.1 Å². The second-order valence-electron chi connectivity index (χ2n) is 8.08. The van der Waals surface area contributed by atoms with Crippen molar-refractivity contribution < 1.29 is 17.9 Å². The average Bonchev–Trinajstić information content (AvgIpc) is 3.08. The summed E-state index contributed by atoms with van der Waals surface area (Å²) in [5, 5.41) is 2.98. The van der Waals surface area contributed by atoms with Crippen molar-refractivity contribution in [3.05, 3.63) is 59.7 Å². The van der Waals surface area contributed by atoms with Gasteiger partial charge in [0.1, 0.15) is 5.75 Å². The van der Waals surface area contributed by atoms with Crippen LogP contribution in [-0.2, 0) is 16.4 Å². The number of nitrogens with zero attached hydrogens (tertiary/aromatic N) is 1. The van der Waals surface area contributed by atoms with Crippen LogP contribution in [0.2, 0.25) is 0 Å². The Balaban J connectivity index is 1.74. The number of hydrogen-bond acceptors (Lipinski definition) is 4. The van der Waals surface area contributed by atoms with Gasteiger partial charge in [0.25, 0.3) is 5.91 Å². The minimum atomic E-state index is -3.64. The Bertz CT molecular complexity index is 968. The highest BCUT2D eigenvalue weighted by atomic mass is 32.2. The van der Waals surface area contributed by atoms with Crippen molar-refractivity contribution in [1.82, 2.24) is 9.62 Å². The zero-order valence-corrected chi connectivity index (χ0v) is 19.2. The van der Waals surface area contributed by atoms with Gasteiger partial charge in [0, 0.05) is 19.1 Å². The summed E-state index contributed by atoms with van der Waals surface area (Å²) < 4.78 is 33.2. The molecule has 0 aliphatic carbocycles. The molecule has 0 radical (unpaired) electrons. The van der Waals surface area contributed by atoms with Crippen molar-refractivity contribution in [3.63, 3.8) is 0 Å². The lowest BCUT2D eigenvalue weighted by molar-refractivity contribution is 0.0935. The third-order valence-electron chi connectivity index (χ3n) is 5.70. The van der Waals surface area contributed by atoms with Crippen LogP contribution in [-0.4, -0.2) is 44.9 Å². The minimum absolute atomic E-state index is 0.0664. The summed E-state index contributed by atoms with van der Waals surface area (Å²) >= 11 is 0. The SMILES string of the molecule is COc1ccc(S(=O)(=O)N2CCCCCC2)cc1C(=O)N[C@@H](C)CCc1ccccc1. The number of nitrogens with one attached hydrogen (secondary N) is 1. The molecule has 1 aliphatic heterocycles. The fraction of sp³-hybridized carbons (Fsp3) is 0.458. The second kappa shape index (κ2) is 10.8. The quantitative estimate of drug-likeness (QED) is 0.667. The lowest BCUT2D eigenvalue weighted by Gasteiger charge is -2.21. The van der Waals surface area contributed by atoms with Gasteiger partial charge in [-0.1, -0.05) is 43.2 Å². The minimum Gasteiger partial charge on any atom is -0.496 e. The second-order valence-corrected chi connectivity index (χ2v) is 10.0. The number of methoxy groups -OCH3 is 1. The zero-order chi connectivity index (χ0) is 22.3. The fourth-order valence-electron chi connectivity index (χ4n) is 3.86. The Kier molecular flexibility index (Phi) is 8.09. The number of ether oxygens (including phenoxy) is 1. The summed E-state index contributed by atoms with van der Waals surface area (Å²) in [5.74, 6) is 0.0351. The van der Waals surface area contributed by atoms with E-state index in [-0.39, 0.29) is 22.4 Å². The molecule has 1 fully saturated rings. The highest BCUT2D eigenvalue weighted by Gasteiger charge is 2.27. The maximum absolute atomic E-state index is 13.1. The Labute approximate surface area is 185 Å². The summed E-state index contributed by atoms with van der Waals surface area (Å²) in [4.78, 5) is 13.1. The molecule has 2 aromatic rings.